The number of aromatic amines is 1. The zero-order valence-electron chi connectivity index (χ0n) is 20.0. The van der Waals surface area contributed by atoms with Crippen molar-refractivity contribution in [3.8, 4) is 11.1 Å². The summed E-state index contributed by atoms with van der Waals surface area (Å²) in [4.78, 5) is 25.3. The molecule has 8 heteroatoms. The first-order valence-corrected chi connectivity index (χ1v) is 12.7. The first-order chi connectivity index (χ1) is 17.1. The lowest BCUT2D eigenvalue weighted by atomic mass is 9.87. The summed E-state index contributed by atoms with van der Waals surface area (Å²) in [6.07, 6.45) is 6.36. The molecule has 8 rings (SSSR count). The van der Waals surface area contributed by atoms with Crippen LogP contribution in [0.5, 0.6) is 0 Å². The van der Waals surface area contributed by atoms with Crippen molar-refractivity contribution in [1.29, 1.82) is 0 Å². The van der Waals surface area contributed by atoms with E-state index in [1.807, 2.05) is 22.2 Å². The van der Waals surface area contributed by atoms with Crippen LogP contribution in [-0.4, -0.2) is 77.4 Å². The summed E-state index contributed by atoms with van der Waals surface area (Å²) < 4.78 is 11.6. The molecule has 2 unspecified atom stereocenters. The number of pyridine rings is 1. The monoisotopic (exact) mass is 473 g/mol. The number of carbonyl (C=O) groups is 1. The second kappa shape index (κ2) is 8.33. The van der Waals surface area contributed by atoms with Crippen LogP contribution in [0.15, 0.2) is 30.6 Å². The van der Waals surface area contributed by atoms with Crippen molar-refractivity contribution in [1.82, 2.24) is 25.1 Å². The van der Waals surface area contributed by atoms with Gasteiger partial charge in [0.15, 0.2) is 0 Å². The van der Waals surface area contributed by atoms with Gasteiger partial charge in [-0.1, -0.05) is 6.07 Å². The van der Waals surface area contributed by atoms with E-state index in [1.54, 1.807) is 0 Å². The van der Waals surface area contributed by atoms with E-state index in [2.05, 4.69) is 40.4 Å². The highest BCUT2D eigenvalue weighted by molar-refractivity contribution is 5.84. The Morgan fingerprint density at radius 3 is 2.80 bits per heavy atom. The van der Waals surface area contributed by atoms with Gasteiger partial charge >= 0.3 is 6.03 Å². The van der Waals surface area contributed by atoms with Gasteiger partial charge in [0.05, 0.1) is 31.5 Å². The first kappa shape index (κ1) is 21.4. The maximum atomic E-state index is 13.4. The summed E-state index contributed by atoms with van der Waals surface area (Å²) in [6, 6.07) is 7.09. The molecule has 35 heavy (non-hydrogen) atoms. The highest BCUT2D eigenvalue weighted by Crippen LogP contribution is 2.35. The number of carbonyl (C=O) groups excluding carboxylic acids is 1. The minimum atomic E-state index is 0.120. The molecule has 3 aromatic rings. The molecule has 0 saturated carbocycles. The number of aryl methyl sites for hydroxylation is 1. The van der Waals surface area contributed by atoms with E-state index >= 15 is 0 Å². The van der Waals surface area contributed by atoms with Crippen LogP contribution < -0.4 is 5.32 Å². The van der Waals surface area contributed by atoms with Crippen LogP contribution in [0, 0.1) is 6.92 Å². The molecule has 4 saturated heterocycles. The Morgan fingerprint density at radius 2 is 2.00 bits per heavy atom. The molecule has 4 fully saturated rings. The molecule has 5 aliphatic heterocycles. The van der Waals surface area contributed by atoms with Crippen molar-refractivity contribution >= 4 is 17.1 Å². The topological polar surface area (TPSA) is 82.7 Å². The van der Waals surface area contributed by atoms with Crippen LogP contribution in [0.1, 0.15) is 34.7 Å². The number of ether oxygens (including phenoxy) is 2. The van der Waals surface area contributed by atoms with Crippen molar-refractivity contribution in [2.75, 3.05) is 39.4 Å². The summed E-state index contributed by atoms with van der Waals surface area (Å²) in [5.74, 6) is 0. The lowest BCUT2D eigenvalue weighted by Gasteiger charge is -2.48. The molecule has 2 amide bonds. The van der Waals surface area contributed by atoms with Crippen molar-refractivity contribution in [3.05, 3.63) is 52.8 Å². The van der Waals surface area contributed by atoms with Crippen molar-refractivity contribution < 1.29 is 14.3 Å². The van der Waals surface area contributed by atoms with Gasteiger partial charge < -0.3 is 29.6 Å². The van der Waals surface area contributed by atoms with Crippen LogP contribution in [0.4, 0.5) is 4.79 Å². The highest BCUT2D eigenvalue weighted by atomic mass is 16.5. The summed E-state index contributed by atoms with van der Waals surface area (Å²) in [5.41, 5.74) is 8.24. The molecule has 1 aromatic carbocycles. The minimum absolute atomic E-state index is 0.120. The van der Waals surface area contributed by atoms with Crippen molar-refractivity contribution in [2.24, 2.45) is 0 Å². The number of amides is 2. The summed E-state index contributed by atoms with van der Waals surface area (Å²) >= 11 is 0. The smallest absolute Gasteiger partial charge is 0.320 e. The quantitative estimate of drug-likeness (QED) is 0.598. The zero-order chi connectivity index (χ0) is 23.5. The molecule has 5 aliphatic rings. The number of H-pyrrole nitrogens is 1. The predicted octanol–water partition coefficient (Wildman–Crippen LogP) is 3.15. The number of hydrogen-bond acceptors (Lipinski definition) is 5. The number of nitrogens with one attached hydrogen (secondary N) is 2. The van der Waals surface area contributed by atoms with Gasteiger partial charge in [0.1, 0.15) is 5.65 Å². The fourth-order valence-electron chi connectivity index (χ4n) is 6.11. The van der Waals surface area contributed by atoms with E-state index in [0.717, 1.165) is 62.2 Å². The summed E-state index contributed by atoms with van der Waals surface area (Å²) in [6.45, 7) is 7.13. The predicted molar refractivity (Wildman–Crippen MR) is 132 cm³/mol. The Morgan fingerprint density at radius 1 is 1.14 bits per heavy atom. The third-order valence-electron chi connectivity index (χ3n) is 8.04. The van der Waals surface area contributed by atoms with E-state index < -0.39 is 0 Å². The lowest BCUT2D eigenvalue weighted by Crippen LogP contribution is -2.61. The molecule has 2 bridgehead atoms. The molecule has 3 atom stereocenters. The third kappa shape index (κ3) is 3.71. The standard InChI is InChI=1S/C27H31N5O3/c1-16-10-29-26-22(16)8-19(11-30-26)18-6-17-2-4-31(27(33)32-12-20-9-21(13-32)35-20)14-24(17)23(7-18)25-15-34-5-3-28-25/h6-8,10-11,20-21,25,28H,2-5,9,12-15H2,1H3,(H,29,30)/t20?,21?,25-/m0/s1. The lowest BCUT2D eigenvalue weighted by molar-refractivity contribution is -0.172. The van der Waals surface area contributed by atoms with Gasteiger partial charge in [-0.05, 0) is 53.3 Å². The van der Waals surface area contributed by atoms with Crippen LogP contribution in [0.3, 0.4) is 0 Å². The molecule has 2 N–H and O–H groups in total. The SMILES string of the molecule is Cc1c[nH]c2ncc(-c3cc4c(c([C@@H]5COCCN5)c3)CN(C(=O)N3CC5CC(C3)O5)CC4)cc12. The van der Waals surface area contributed by atoms with Gasteiger partial charge in [0, 0.05) is 62.5 Å². The molecule has 8 nitrogen and oxygen atoms in total. The van der Waals surface area contributed by atoms with E-state index in [9.17, 15) is 4.79 Å². The maximum absolute atomic E-state index is 13.4. The molecular formula is C27H31N5O3. The molecule has 0 spiro atoms. The molecule has 0 radical (unpaired) electrons. The number of aromatic nitrogens is 2. The Hall–Kier alpha value is -2.94. The van der Waals surface area contributed by atoms with Crippen molar-refractivity contribution in [2.45, 2.75) is 44.6 Å². The zero-order valence-corrected chi connectivity index (χ0v) is 20.0. The third-order valence-corrected chi connectivity index (χ3v) is 8.04. The van der Waals surface area contributed by atoms with Gasteiger partial charge in [-0.15, -0.1) is 0 Å². The van der Waals surface area contributed by atoms with Crippen molar-refractivity contribution in [3.63, 3.8) is 0 Å². The Balaban J connectivity index is 1.24. The Labute approximate surface area is 204 Å². The van der Waals surface area contributed by atoms with Crippen LogP contribution >= 0.6 is 0 Å². The van der Waals surface area contributed by atoms with Gasteiger partial charge in [-0.3, -0.25) is 0 Å². The Bertz CT molecular complexity index is 1280. The molecule has 182 valence electrons. The number of morpholine rings is 2. The van der Waals surface area contributed by atoms with E-state index in [-0.39, 0.29) is 24.3 Å². The molecule has 0 aliphatic carbocycles. The maximum Gasteiger partial charge on any atom is 0.320 e. The average Bonchev–Trinajstić information content (AvgIpc) is 3.27. The summed E-state index contributed by atoms with van der Waals surface area (Å²) in [7, 11) is 0. The largest absolute Gasteiger partial charge is 0.378 e. The molecule has 2 aromatic heterocycles. The van der Waals surface area contributed by atoms with E-state index in [0.29, 0.717) is 13.2 Å². The number of benzene rings is 1. The average molecular weight is 474 g/mol. The normalized spacial score (nSPS) is 25.9. The first-order valence-electron chi connectivity index (χ1n) is 12.7. The fraction of sp³-hybridized carbons (Fsp3) is 0.481. The van der Waals surface area contributed by atoms with Crippen LogP contribution in [0.2, 0.25) is 0 Å². The Kier molecular flexibility index (Phi) is 5.08. The number of rotatable bonds is 2. The van der Waals surface area contributed by atoms with Gasteiger partial charge in [-0.2, -0.15) is 0 Å². The second-order valence-corrected chi connectivity index (χ2v) is 10.4. The van der Waals surface area contributed by atoms with Gasteiger partial charge in [0.2, 0.25) is 0 Å². The molecular weight excluding hydrogens is 442 g/mol. The van der Waals surface area contributed by atoms with Crippen LogP contribution in [-0.2, 0) is 22.4 Å². The number of fused-ring (bicyclic) bond motifs is 4. The molecule has 7 heterocycles. The highest BCUT2D eigenvalue weighted by Gasteiger charge is 2.41. The second-order valence-electron chi connectivity index (χ2n) is 10.4. The van der Waals surface area contributed by atoms with E-state index in [1.165, 1.54) is 27.8 Å². The van der Waals surface area contributed by atoms with Gasteiger partial charge in [0.25, 0.3) is 0 Å². The minimum Gasteiger partial charge on any atom is -0.378 e. The number of hydrogen-bond donors (Lipinski definition) is 2. The summed E-state index contributed by atoms with van der Waals surface area (Å²) in [5, 5.41) is 4.80. The fourth-order valence-corrected chi connectivity index (χ4v) is 6.11. The number of piperidine rings is 1. The van der Waals surface area contributed by atoms with E-state index in [4.69, 9.17) is 9.47 Å². The number of urea groups is 1. The van der Waals surface area contributed by atoms with Crippen LogP contribution in [0.25, 0.3) is 22.2 Å². The van der Waals surface area contributed by atoms with Gasteiger partial charge in [-0.25, -0.2) is 9.78 Å². The number of nitrogens with zero attached hydrogens (tertiary/aromatic N) is 3.